The van der Waals surface area contributed by atoms with Gasteiger partial charge in [0.1, 0.15) is 5.78 Å². The van der Waals surface area contributed by atoms with Gasteiger partial charge in [-0.05, 0) is 12.8 Å². The smallest absolute Gasteiger partial charge is 0.408 e. The molecule has 0 aliphatic carbocycles. The average molecular weight is 265 g/mol. The van der Waals surface area contributed by atoms with E-state index in [9.17, 15) is 19.0 Å². The van der Waals surface area contributed by atoms with Crippen molar-refractivity contribution in [3.63, 3.8) is 0 Å². The first-order valence-electron chi connectivity index (χ1n) is 5.29. The van der Waals surface area contributed by atoms with Crippen LogP contribution in [0.2, 0.25) is 0 Å². The van der Waals surface area contributed by atoms with Crippen LogP contribution in [-0.4, -0.2) is 50.6 Å². The number of hydrogen-bond acceptors (Lipinski definition) is 3. The summed E-state index contributed by atoms with van der Waals surface area (Å²) in [7, 11) is -3.80. The van der Waals surface area contributed by atoms with E-state index in [2.05, 4.69) is 0 Å². The molecule has 0 radical (unpaired) electrons. The lowest BCUT2D eigenvalue weighted by Crippen LogP contribution is -2.35. The third kappa shape index (κ3) is 3.20. The van der Waals surface area contributed by atoms with Crippen molar-refractivity contribution < 1.29 is 29.3 Å². The second-order valence-corrected chi connectivity index (χ2v) is 6.75. The minimum Gasteiger partial charge on any atom is -0.481 e. The molecule has 0 aromatic carbocycles. The highest BCUT2D eigenvalue weighted by molar-refractivity contribution is 7.58. The highest BCUT2D eigenvalue weighted by atomic mass is 31.2. The fourth-order valence-corrected chi connectivity index (χ4v) is 4.40. The molecule has 0 aromatic heterocycles. The standard InChI is InChI=1S/C9H16NO6P/c1-6(8(11)12)5-17(15,16)7-3-2-4-10(7)9(13)14/h6-7H,2-5H2,1H3,(H,11,12)(H,13,14)(H,15,16). The van der Waals surface area contributed by atoms with Crippen molar-refractivity contribution in [2.75, 3.05) is 12.7 Å². The second-order valence-electron chi connectivity index (χ2n) is 4.28. The molecule has 0 saturated carbocycles. The third-order valence-corrected chi connectivity index (χ3v) is 5.43. The Morgan fingerprint density at radius 1 is 1.47 bits per heavy atom. The summed E-state index contributed by atoms with van der Waals surface area (Å²) in [6.07, 6.45) is -0.781. The summed E-state index contributed by atoms with van der Waals surface area (Å²) in [6, 6.07) is 0. The van der Waals surface area contributed by atoms with Gasteiger partial charge in [0.25, 0.3) is 0 Å². The first-order chi connectivity index (χ1) is 7.75. The zero-order chi connectivity index (χ0) is 13.2. The van der Waals surface area contributed by atoms with Crippen LogP contribution in [0.5, 0.6) is 0 Å². The van der Waals surface area contributed by atoms with Crippen molar-refractivity contribution in [3.8, 4) is 0 Å². The van der Waals surface area contributed by atoms with E-state index in [-0.39, 0.29) is 6.54 Å². The monoisotopic (exact) mass is 265 g/mol. The summed E-state index contributed by atoms with van der Waals surface area (Å²) in [5.41, 5.74) is 0. The maximum Gasteiger partial charge on any atom is 0.408 e. The van der Waals surface area contributed by atoms with Crippen molar-refractivity contribution in [1.29, 1.82) is 0 Å². The van der Waals surface area contributed by atoms with Crippen LogP contribution < -0.4 is 0 Å². The van der Waals surface area contributed by atoms with Gasteiger partial charge < -0.3 is 15.1 Å². The maximum atomic E-state index is 12.0. The van der Waals surface area contributed by atoms with Gasteiger partial charge in [-0.15, -0.1) is 0 Å². The van der Waals surface area contributed by atoms with Crippen molar-refractivity contribution in [3.05, 3.63) is 0 Å². The van der Waals surface area contributed by atoms with Crippen LogP contribution in [0.1, 0.15) is 19.8 Å². The van der Waals surface area contributed by atoms with E-state index < -0.39 is 37.3 Å². The molecule has 0 bridgehead atoms. The second kappa shape index (κ2) is 5.06. The highest BCUT2D eigenvalue weighted by Gasteiger charge is 2.42. The molecule has 1 aliphatic heterocycles. The Labute approximate surface area is 98.5 Å². The molecule has 3 unspecified atom stereocenters. The van der Waals surface area contributed by atoms with Gasteiger partial charge in [-0.3, -0.25) is 14.3 Å². The van der Waals surface area contributed by atoms with Gasteiger partial charge in [0, 0.05) is 12.7 Å². The summed E-state index contributed by atoms with van der Waals surface area (Å²) in [4.78, 5) is 32.3. The van der Waals surface area contributed by atoms with Gasteiger partial charge >= 0.3 is 12.1 Å². The number of carboxylic acids is 1. The van der Waals surface area contributed by atoms with Gasteiger partial charge in [0.15, 0.2) is 0 Å². The van der Waals surface area contributed by atoms with Gasteiger partial charge in [0.05, 0.1) is 5.92 Å². The number of likely N-dealkylation sites (tertiary alicyclic amines) is 1. The van der Waals surface area contributed by atoms with E-state index in [1.165, 1.54) is 6.92 Å². The average Bonchev–Trinajstić information content (AvgIpc) is 2.65. The molecule has 3 N–H and O–H groups in total. The van der Waals surface area contributed by atoms with Crippen LogP contribution in [0.3, 0.4) is 0 Å². The van der Waals surface area contributed by atoms with Gasteiger partial charge in [-0.2, -0.15) is 0 Å². The summed E-state index contributed by atoms with van der Waals surface area (Å²) >= 11 is 0. The molecule has 1 rings (SSSR count). The number of nitrogens with zero attached hydrogens (tertiary/aromatic N) is 1. The lowest BCUT2D eigenvalue weighted by Gasteiger charge is -2.27. The molecule has 1 amide bonds. The predicted octanol–water partition coefficient (Wildman–Crippen LogP) is 1.08. The Morgan fingerprint density at radius 3 is 2.53 bits per heavy atom. The summed E-state index contributed by atoms with van der Waals surface area (Å²) in [5.74, 6) is -3.07. The Balaban J connectivity index is 2.79. The lowest BCUT2D eigenvalue weighted by molar-refractivity contribution is -0.140. The van der Waals surface area contributed by atoms with E-state index in [4.69, 9.17) is 10.2 Å². The van der Waals surface area contributed by atoms with Crippen LogP contribution in [-0.2, 0) is 9.36 Å². The fraction of sp³-hybridized carbons (Fsp3) is 0.778. The zero-order valence-corrected chi connectivity index (χ0v) is 10.3. The van der Waals surface area contributed by atoms with E-state index in [0.717, 1.165) is 4.90 Å². The Kier molecular flexibility index (Phi) is 4.16. The quantitative estimate of drug-likeness (QED) is 0.655. The minimum absolute atomic E-state index is 0.228. The number of carbonyl (C=O) groups is 2. The van der Waals surface area contributed by atoms with Crippen molar-refractivity contribution >= 4 is 19.4 Å². The number of rotatable bonds is 4. The zero-order valence-electron chi connectivity index (χ0n) is 9.44. The molecule has 0 aromatic rings. The Hall–Kier alpha value is -1.07. The van der Waals surface area contributed by atoms with Crippen LogP contribution >= 0.6 is 7.37 Å². The summed E-state index contributed by atoms with van der Waals surface area (Å²) in [6.45, 7) is 1.57. The van der Waals surface area contributed by atoms with Crippen LogP contribution in [0.15, 0.2) is 0 Å². The molecular formula is C9H16NO6P. The minimum atomic E-state index is -3.80. The molecule has 17 heavy (non-hydrogen) atoms. The molecule has 98 valence electrons. The topological polar surface area (TPSA) is 115 Å². The molecular weight excluding hydrogens is 249 g/mol. The van der Waals surface area contributed by atoms with Crippen LogP contribution in [0, 0.1) is 5.92 Å². The number of hydrogen-bond donors (Lipinski definition) is 3. The number of carboxylic acid groups (broad SMARTS) is 2. The third-order valence-electron chi connectivity index (χ3n) is 2.89. The van der Waals surface area contributed by atoms with Gasteiger partial charge in [0.2, 0.25) is 7.37 Å². The Bertz CT molecular complexity index is 370. The number of amides is 1. The van der Waals surface area contributed by atoms with E-state index >= 15 is 0 Å². The fourth-order valence-electron chi connectivity index (χ4n) is 1.98. The van der Waals surface area contributed by atoms with Gasteiger partial charge in [-0.1, -0.05) is 6.92 Å². The molecule has 1 fully saturated rings. The molecule has 1 heterocycles. The first-order valence-corrected chi connectivity index (χ1v) is 7.21. The molecule has 1 aliphatic rings. The Morgan fingerprint density at radius 2 is 2.06 bits per heavy atom. The van der Waals surface area contributed by atoms with Crippen molar-refractivity contribution in [1.82, 2.24) is 4.90 Å². The molecule has 8 heteroatoms. The van der Waals surface area contributed by atoms with Crippen LogP contribution in [0.4, 0.5) is 4.79 Å². The predicted molar refractivity (Wildman–Crippen MR) is 59.2 cm³/mol. The largest absolute Gasteiger partial charge is 0.481 e. The molecule has 1 saturated heterocycles. The summed E-state index contributed by atoms with van der Waals surface area (Å²) < 4.78 is 12.0. The van der Waals surface area contributed by atoms with E-state index in [1.807, 2.05) is 0 Å². The van der Waals surface area contributed by atoms with Gasteiger partial charge in [-0.25, -0.2) is 4.79 Å². The van der Waals surface area contributed by atoms with E-state index in [1.54, 1.807) is 0 Å². The summed E-state index contributed by atoms with van der Waals surface area (Å²) in [5, 5.41) is 17.6. The van der Waals surface area contributed by atoms with Crippen molar-refractivity contribution in [2.45, 2.75) is 25.5 Å². The molecule has 7 nitrogen and oxygen atoms in total. The SMILES string of the molecule is CC(CP(=O)(O)C1CCCN1C(=O)O)C(=O)O. The number of aliphatic carboxylic acids is 1. The highest BCUT2D eigenvalue weighted by Crippen LogP contribution is 2.52. The van der Waals surface area contributed by atoms with Crippen LogP contribution in [0.25, 0.3) is 0 Å². The van der Waals surface area contributed by atoms with E-state index in [0.29, 0.717) is 12.8 Å². The lowest BCUT2D eigenvalue weighted by atomic mass is 10.2. The molecule has 3 atom stereocenters. The maximum absolute atomic E-state index is 12.0. The molecule has 0 spiro atoms. The van der Waals surface area contributed by atoms with Crippen molar-refractivity contribution in [2.24, 2.45) is 5.92 Å². The normalized spacial score (nSPS) is 25.3. The first kappa shape index (κ1) is 14.0.